The van der Waals surface area contributed by atoms with Crippen molar-refractivity contribution in [1.82, 2.24) is 4.90 Å². The third-order valence-electron chi connectivity index (χ3n) is 4.20. The van der Waals surface area contributed by atoms with E-state index in [1.807, 2.05) is 0 Å². The van der Waals surface area contributed by atoms with Gasteiger partial charge >= 0.3 is 13.1 Å². The lowest BCUT2D eigenvalue weighted by atomic mass is 9.75. The van der Waals surface area contributed by atoms with E-state index in [-0.39, 0.29) is 18.4 Å². The van der Waals surface area contributed by atoms with Crippen molar-refractivity contribution in [3.05, 3.63) is 0 Å². The second kappa shape index (κ2) is 5.71. The zero-order valence-corrected chi connectivity index (χ0v) is 12.0. The Balaban J connectivity index is 2.16. The molecule has 0 radical (unpaired) electrons. The van der Waals surface area contributed by atoms with Crippen molar-refractivity contribution in [3.8, 4) is 0 Å². The van der Waals surface area contributed by atoms with E-state index < -0.39 is 24.7 Å². The van der Waals surface area contributed by atoms with Gasteiger partial charge < -0.3 is 25.7 Å². The molecular formula is C12H22BN3O4. The number of carbonyl (C=O) groups excluding carboxylic acids is 2. The molecule has 0 bridgehead atoms. The molecule has 1 amide bonds. The summed E-state index contributed by atoms with van der Waals surface area (Å²) in [5.41, 5.74) is 10.7. The number of likely N-dealkylation sites (tertiary alicyclic amines) is 1. The first-order chi connectivity index (χ1) is 9.38. The molecule has 0 unspecified atom stereocenters. The third kappa shape index (κ3) is 2.68. The van der Waals surface area contributed by atoms with Crippen LogP contribution in [-0.2, 0) is 18.9 Å². The molecule has 2 heterocycles. The Morgan fingerprint density at radius 3 is 2.95 bits per heavy atom. The molecule has 3 atom stereocenters. The van der Waals surface area contributed by atoms with Gasteiger partial charge in [0, 0.05) is 26.1 Å². The second-order valence-corrected chi connectivity index (χ2v) is 5.75. The fourth-order valence-electron chi connectivity index (χ4n) is 2.96. The van der Waals surface area contributed by atoms with Crippen LogP contribution in [-0.4, -0.2) is 55.7 Å². The Hall–Kier alpha value is -1.12. The van der Waals surface area contributed by atoms with E-state index in [1.165, 1.54) is 7.11 Å². The number of nitrogens with zero attached hydrogens (tertiary/aromatic N) is 1. The number of fused-ring (bicyclic) bond motifs is 1. The van der Waals surface area contributed by atoms with Crippen LogP contribution in [0.25, 0.3) is 0 Å². The van der Waals surface area contributed by atoms with Crippen LogP contribution in [0.5, 0.6) is 0 Å². The number of amides is 1. The molecule has 0 aliphatic carbocycles. The summed E-state index contributed by atoms with van der Waals surface area (Å²) in [4.78, 5) is 25.9. The summed E-state index contributed by atoms with van der Waals surface area (Å²) < 4.78 is 10.4. The van der Waals surface area contributed by atoms with Crippen molar-refractivity contribution >= 4 is 19.0 Å². The molecule has 7 nitrogen and oxygen atoms in total. The van der Waals surface area contributed by atoms with Crippen molar-refractivity contribution in [2.24, 2.45) is 17.4 Å². The van der Waals surface area contributed by atoms with Gasteiger partial charge in [0.15, 0.2) is 0 Å². The minimum absolute atomic E-state index is 0.0875. The van der Waals surface area contributed by atoms with Gasteiger partial charge in [0.05, 0.1) is 6.04 Å². The minimum Gasteiger partial charge on any atom is -0.508 e. The van der Waals surface area contributed by atoms with Gasteiger partial charge in [-0.25, -0.2) is 0 Å². The molecule has 4 N–H and O–H groups in total. The van der Waals surface area contributed by atoms with Gasteiger partial charge in [0.1, 0.15) is 5.54 Å². The van der Waals surface area contributed by atoms with E-state index in [2.05, 4.69) is 0 Å². The predicted octanol–water partition coefficient (Wildman–Crippen LogP) is -1.04. The maximum absolute atomic E-state index is 12.3. The maximum atomic E-state index is 12.3. The van der Waals surface area contributed by atoms with Gasteiger partial charge in [-0.05, 0) is 19.7 Å². The van der Waals surface area contributed by atoms with Gasteiger partial charge in [-0.15, -0.1) is 0 Å². The highest BCUT2D eigenvalue weighted by molar-refractivity contribution is 6.47. The van der Waals surface area contributed by atoms with Crippen LogP contribution in [0, 0.1) is 5.92 Å². The second-order valence-electron chi connectivity index (χ2n) is 5.75. The van der Waals surface area contributed by atoms with Crippen LogP contribution in [0.4, 0.5) is 0 Å². The van der Waals surface area contributed by atoms with Crippen LogP contribution < -0.4 is 11.5 Å². The summed E-state index contributed by atoms with van der Waals surface area (Å²) in [5, 5.41) is 0. The summed E-state index contributed by atoms with van der Waals surface area (Å²) in [6, 6.07) is -0.592. The molecule has 2 fully saturated rings. The van der Waals surface area contributed by atoms with Crippen molar-refractivity contribution in [3.63, 3.8) is 0 Å². The Labute approximate surface area is 119 Å². The SMILES string of the molecule is COB1CCC[C@H]2CN(C(=O)[C@H](C)N)C[C@@]2(N)C(=O)O1. The average Bonchev–Trinajstić information content (AvgIpc) is 2.73. The molecule has 20 heavy (non-hydrogen) atoms. The first kappa shape index (κ1) is 15.3. The number of hydrogen-bond acceptors (Lipinski definition) is 6. The first-order valence-corrected chi connectivity index (χ1v) is 6.95. The van der Waals surface area contributed by atoms with Gasteiger partial charge in [0.25, 0.3) is 0 Å². The highest BCUT2D eigenvalue weighted by Gasteiger charge is 2.53. The van der Waals surface area contributed by atoms with Crippen LogP contribution >= 0.6 is 0 Å². The first-order valence-electron chi connectivity index (χ1n) is 6.95. The van der Waals surface area contributed by atoms with Crippen LogP contribution in [0.3, 0.4) is 0 Å². The smallest absolute Gasteiger partial charge is 0.508 e. The Morgan fingerprint density at radius 2 is 2.35 bits per heavy atom. The van der Waals surface area contributed by atoms with E-state index in [1.54, 1.807) is 11.8 Å². The van der Waals surface area contributed by atoms with E-state index >= 15 is 0 Å². The maximum Gasteiger partial charge on any atom is 0.527 e. The molecule has 0 spiro atoms. The van der Waals surface area contributed by atoms with Crippen molar-refractivity contribution in [2.75, 3.05) is 20.2 Å². The summed E-state index contributed by atoms with van der Waals surface area (Å²) in [7, 11) is 0.947. The van der Waals surface area contributed by atoms with Gasteiger partial charge in [-0.1, -0.05) is 6.42 Å². The normalized spacial score (nSPS) is 32.2. The molecule has 2 aliphatic heterocycles. The molecule has 0 saturated carbocycles. The monoisotopic (exact) mass is 283 g/mol. The summed E-state index contributed by atoms with van der Waals surface area (Å²) in [6.07, 6.45) is 2.26. The number of rotatable bonds is 2. The van der Waals surface area contributed by atoms with E-state index in [4.69, 9.17) is 20.8 Å². The summed E-state index contributed by atoms with van der Waals surface area (Å²) in [5.74, 6) is -0.762. The third-order valence-corrected chi connectivity index (χ3v) is 4.20. The lowest BCUT2D eigenvalue weighted by Crippen LogP contribution is -2.58. The van der Waals surface area contributed by atoms with Gasteiger partial charge in [-0.3, -0.25) is 9.59 Å². The molecule has 112 valence electrons. The van der Waals surface area contributed by atoms with Gasteiger partial charge in [0.2, 0.25) is 5.91 Å². The lowest BCUT2D eigenvalue weighted by Gasteiger charge is -2.31. The standard InChI is InChI=1S/C12H22BN3O4/c1-8(14)10(17)16-6-9-4-3-5-13(19-2)20-11(18)12(9,15)7-16/h8-9H,3-7,14-15H2,1-2H3/t8-,9-,12-/m0/s1. The highest BCUT2D eigenvalue weighted by Crippen LogP contribution is 2.33. The zero-order valence-electron chi connectivity index (χ0n) is 12.0. The summed E-state index contributed by atoms with van der Waals surface area (Å²) in [6.45, 7) is 2.25. The average molecular weight is 283 g/mol. The van der Waals surface area contributed by atoms with Crippen LogP contribution in [0.1, 0.15) is 19.8 Å². The molecule has 0 aromatic heterocycles. The molecular weight excluding hydrogens is 261 g/mol. The summed E-state index contributed by atoms with van der Waals surface area (Å²) >= 11 is 0. The van der Waals surface area contributed by atoms with Crippen molar-refractivity contribution in [2.45, 2.75) is 37.7 Å². The van der Waals surface area contributed by atoms with E-state index in [9.17, 15) is 9.59 Å². The fraction of sp³-hybridized carbons (Fsp3) is 0.833. The number of carbonyl (C=O) groups is 2. The molecule has 8 heteroatoms. The van der Waals surface area contributed by atoms with Gasteiger partial charge in [-0.2, -0.15) is 0 Å². The quantitative estimate of drug-likeness (QED) is 0.627. The lowest BCUT2D eigenvalue weighted by molar-refractivity contribution is -0.143. The van der Waals surface area contributed by atoms with Crippen molar-refractivity contribution in [1.29, 1.82) is 0 Å². The molecule has 2 aliphatic rings. The molecule has 2 rings (SSSR count). The topological polar surface area (TPSA) is 108 Å². The highest BCUT2D eigenvalue weighted by atomic mass is 16.6. The minimum atomic E-state index is -1.15. The van der Waals surface area contributed by atoms with E-state index in [0.29, 0.717) is 12.9 Å². The predicted molar refractivity (Wildman–Crippen MR) is 73.5 cm³/mol. The number of nitrogens with two attached hydrogens (primary N) is 2. The Bertz CT molecular complexity index is 406. The fourth-order valence-corrected chi connectivity index (χ4v) is 2.96. The number of hydrogen-bond donors (Lipinski definition) is 2. The Morgan fingerprint density at radius 1 is 1.65 bits per heavy atom. The molecule has 0 aromatic rings. The largest absolute Gasteiger partial charge is 0.527 e. The zero-order chi connectivity index (χ0) is 14.9. The van der Waals surface area contributed by atoms with Crippen LogP contribution in [0.2, 0.25) is 6.32 Å². The van der Waals surface area contributed by atoms with E-state index in [0.717, 1.165) is 12.8 Å². The van der Waals surface area contributed by atoms with Crippen molar-refractivity contribution < 1.29 is 18.9 Å². The van der Waals surface area contributed by atoms with Crippen LogP contribution in [0.15, 0.2) is 0 Å². The molecule has 0 aromatic carbocycles. The Kier molecular flexibility index (Phi) is 4.36. The molecule has 2 saturated heterocycles.